The minimum atomic E-state index is -0.406. The van der Waals surface area contributed by atoms with Gasteiger partial charge in [0.2, 0.25) is 11.7 Å². The molecule has 0 aliphatic rings. The zero-order valence-electron chi connectivity index (χ0n) is 23.9. The Morgan fingerprint density at radius 3 is 2.21 bits per heavy atom. The Morgan fingerprint density at radius 2 is 1.56 bits per heavy atom. The predicted octanol–water partition coefficient (Wildman–Crippen LogP) is 6.19. The molecular weight excluding hydrogens is 596 g/mol. The third-order valence-corrected chi connectivity index (χ3v) is 7.57. The van der Waals surface area contributed by atoms with Crippen LogP contribution in [0.5, 0.6) is 28.7 Å². The second kappa shape index (κ2) is 12.6. The molecule has 222 valence electrons. The smallest absolute Gasteiger partial charge is 0.264 e. The molecule has 1 N–H and O–H groups in total. The first-order valence-corrected chi connectivity index (χ1v) is 14.0. The SMILES string of the molecule is COc1ccc(-c2cc(-c3cc(OC)c(OC)c(OC)c3)nn2C(C)=O)cc1OCC(=O)Nc1nc2cc(Cl)ccc2s1. The van der Waals surface area contributed by atoms with Gasteiger partial charge in [0.25, 0.3) is 5.91 Å². The van der Waals surface area contributed by atoms with Gasteiger partial charge in [0, 0.05) is 23.1 Å². The summed E-state index contributed by atoms with van der Waals surface area (Å²) in [6.45, 7) is 1.11. The Labute approximate surface area is 255 Å². The van der Waals surface area contributed by atoms with Crippen molar-refractivity contribution in [3.05, 3.63) is 59.6 Å². The monoisotopic (exact) mass is 622 g/mol. The van der Waals surface area contributed by atoms with Crippen LogP contribution < -0.4 is 29.0 Å². The molecule has 5 rings (SSSR count). The number of rotatable bonds is 10. The number of fused-ring (bicyclic) bond motifs is 1. The highest BCUT2D eigenvalue weighted by Gasteiger charge is 2.20. The second-order valence-electron chi connectivity index (χ2n) is 9.09. The van der Waals surface area contributed by atoms with E-state index < -0.39 is 5.91 Å². The van der Waals surface area contributed by atoms with Crippen molar-refractivity contribution >= 4 is 50.1 Å². The fourth-order valence-corrected chi connectivity index (χ4v) is 5.43. The number of methoxy groups -OCH3 is 4. The van der Waals surface area contributed by atoms with Gasteiger partial charge in [-0.2, -0.15) is 9.78 Å². The molecule has 0 atom stereocenters. The van der Waals surface area contributed by atoms with Gasteiger partial charge in [0.05, 0.1) is 50.0 Å². The van der Waals surface area contributed by atoms with E-state index in [1.165, 1.54) is 51.4 Å². The van der Waals surface area contributed by atoms with Crippen LogP contribution in [0.2, 0.25) is 5.02 Å². The van der Waals surface area contributed by atoms with Crippen LogP contribution >= 0.6 is 22.9 Å². The molecule has 0 radical (unpaired) electrons. The van der Waals surface area contributed by atoms with Crippen LogP contribution in [-0.2, 0) is 4.79 Å². The van der Waals surface area contributed by atoms with Crippen molar-refractivity contribution in [2.45, 2.75) is 6.92 Å². The maximum absolute atomic E-state index is 12.7. The Morgan fingerprint density at radius 1 is 0.860 bits per heavy atom. The van der Waals surface area contributed by atoms with Gasteiger partial charge in [-0.1, -0.05) is 22.9 Å². The van der Waals surface area contributed by atoms with E-state index in [2.05, 4.69) is 15.4 Å². The summed E-state index contributed by atoms with van der Waals surface area (Å²) >= 11 is 7.37. The zero-order valence-corrected chi connectivity index (χ0v) is 25.5. The Kier molecular flexibility index (Phi) is 8.69. The summed E-state index contributed by atoms with van der Waals surface area (Å²) in [5.74, 6) is 1.34. The molecule has 0 aliphatic carbocycles. The number of hydrogen-bond acceptors (Lipinski definition) is 10. The molecule has 3 aromatic carbocycles. The predicted molar refractivity (Wildman–Crippen MR) is 164 cm³/mol. The molecule has 0 saturated heterocycles. The number of halogens is 1. The fraction of sp³-hybridized carbons (Fsp3) is 0.200. The van der Waals surface area contributed by atoms with Gasteiger partial charge in [-0.05, 0) is 54.6 Å². The van der Waals surface area contributed by atoms with E-state index in [1.807, 2.05) is 6.07 Å². The Hall–Kier alpha value is -4.81. The first-order valence-electron chi connectivity index (χ1n) is 12.8. The molecule has 1 amide bonds. The highest BCUT2D eigenvalue weighted by atomic mass is 35.5. The van der Waals surface area contributed by atoms with Crippen molar-refractivity contribution in [1.29, 1.82) is 0 Å². The summed E-state index contributed by atoms with van der Waals surface area (Å²) < 4.78 is 29.9. The number of amides is 1. The van der Waals surface area contributed by atoms with Crippen LogP contribution in [0.4, 0.5) is 5.13 Å². The van der Waals surface area contributed by atoms with Crippen molar-refractivity contribution < 1.29 is 33.3 Å². The summed E-state index contributed by atoms with van der Waals surface area (Å²) in [7, 11) is 6.06. The number of hydrogen-bond donors (Lipinski definition) is 1. The van der Waals surface area contributed by atoms with Gasteiger partial charge in [-0.15, -0.1) is 0 Å². The van der Waals surface area contributed by atoms with Crippen molar-refractivity contribution in [2.75, 3.05) is 40.4 Å². The number of carbonyl (C=O) groups excluding carboxylic acids is 2. The molecule has 0 fully saturated rings. The molecule has 2 heterocycles. The van der Waals surface area contributed by atoms with E-state index in [1.54, 1.807) is 48.5 Å². The maximum Gasteiger partial charge on any atom is 0.264 e. The van der Waals surface area contributed by atoms with Crippen LogP contribution in [-0.4, -0.2) is 61.6 Å². The summed E-state index contributed by atoms with van der Waals surface area (Å²) in [6, 6.07) is 15.7. The Balaban J connectivity index is 1.42. The maximum atomic E-state index is 12.7. The number of nitrogens with one attached hydrogen (secondary N) is 1. The quantitative estimate of drug-likeness (QED) is 0.194. The van der Waals surface area contributed by atoms with Gasteiger partial charge in [-0.25, -0.2) is 4.98 Å². The minimum Gasteiger partial charge on any atom is -0.493 e. The molecule has 5 aromatic rings. The molecular formula is C30H27ClN4O7S. The molecule has 0 saturated carbocycles. The lowest BCUT2D eigenvalue weighted by molar-refractivity contribution is -0.118. The molecule has 0 spiro atoms. The molecule has 0 bridgehead atoms. The summed E-state index contributed by atoms with van der Waals surface area (Å²) in [5.41, 5.74) is 2.95. The number of aromatic nitrogens is 3. The Bertz CT molecular complexity index is 1810. The van der Waals surface area contributed by atoms with Crippen LogP contribution in [0, 0.1) is 0 Å². The average molecular weight is 623 g/mol. The minimum absolute atomic E-state index is 0.302. The molecule has 0 unspecified atom stereocenters. The van der Waals surface area contributed by atoms with Crippen molar-refractivity contribution in [1.82, 2.24) is 14.8 Å². The van der Waals surface area contributed by atoms with E-state index in [-0.39, 0.29) is 12.5 Å². The van der Waals surface area contributed by atoms with Crippen LogP contribution in [0.1, 0.15) is 11.7 Å². The van der Waals surface area contributed by atoms with Crippen LogP contribution in [0.25, 0.3) is 32.7 Å². The van der Waals surface area contributed by atoms with Gasteiger partial charge in [0.15, 0.2) is 34.7 Å². The molecule has 43 heavy (non-hydrogen) atoms. The van der Waals surface area contributed by atoms with Gasteiger partial charge < -0.3 is 23.7 Å². The molecule has 11 nitrogen and oxygen atoms in total. The lowest BCUT2D eigenvalue weighted by Gasteiger charge is -2.13. The van der Waals surface area contributed by atoms with E-state index in [9.17, 15) is 9.59 Å². The highest BCUT2D eigenvalue weighted by Crippen LogP contribution is 2.42. The number of nitrogens with zero attached hydrogens (tertiary/aromatic N) is 3. The van der Waals surface area contributed by atoms with Gasteiger partial charge in [-0.3, -0.25) is 14.9 Å². The second-order valence-corrected chi connectivity index (χ2v) is 10.6. The third kappa shape index (κ3) is 6.20. The van der Waals surface area contributed by atoms with Crippen molar-refractivity contribution in [2.24, 2.45) is 0 Å². The fourth-order valence-electron chi connectivity index (χ4n) is 4.40. The van der Waals surface area contributed by atoms with E-state index in [0.717, 1.165) is 4.70 Å². The lowest BCUT2D eigenvalue weighted by atomic mass is 10.1. The highest BCUT2D eigenvalue weighted by molar-refractivity contribution is 7.22. The van der Waals surface area contributed by atoms with Crippen molar-refractivity contribution in [3.8, 4) is 51.3 Å². The molecule has 2 aromatic heterocycles. The average Bonchev–Trinajstić information content (AvgIpc) is 3.63. The number of carbonyl (C=O) groups is 2. The van der Waals surface area contributed by atoms with E-state index >= 15 is 0 Å². The number of thiazole rings is 1. The number of anilines is 1. The van der Waals surface area contributed by atoms with Crippen molar-refractivity contribution in [3.63, 3.8) is 0 Å². The summed E-state index contributed by atoms with van der Waals surface area (Å²) in [4.78, 5) is 29.7. The zero-order chi connectivity index (χ0) is 30.7. The summed E-state index contributed by atoms with van der Waals surface area (Å²) in [5, 5.41) is 8.28. The lowest BCUT2D eigenvalue weighted by Crippen LogP contribution is -2.20. The summed E-state index contributed by atoms with van der Waals surface area (Å²) in [6.07, 6.45) is 0. The van der Waals surface area contributed by atoms with Crippen LogP contribution in [0.15, 0.2) is 54.6 Å². The molecule has 0 aliphatic heterocycles. The van der Waals surface area contributed by atoms with E-state index in [4.69, 9.17) is 35.3 Å². The number of ether oxygens (including phenoxy) is 5. The van der Waals surface area contributed by atoms with Gasteiger partial charge in [0.1, 0.15) is 0 Å². The largest absolute Gasteiger partial charge is 0.493 e. The first kappa shape index (κ1) is 29.7. The van der Waals surface area contributed by atoms with E-state index in [0.29, 0.717) is 66.9 Å². The molecule has 13 heteroatoms. The van der Waals surface area contributed by atoms with Crippen LogP contribution in [0.3, 0.4) is 0 Å². The normalized spacial score (nSPS) is 10.8. The third-order valence-electron chi connectivity index (χ3n) is 6.38. The standard InChI is InChI=1S/C30H27ClN4O7S/c1-16(36)35-22(14-20(34-35)18-11-25(39-3)29(41-5)26(12-18)40-4)17-6-8-23(38-2)24(10-17)42-15-28(37)33-30-32-21-13-19(31)7-9-27(21)43-30/h6-14H,15H2,1-5H3,(H,32,33,37). The van der Waals surface area contributed by atoms with Gasteiger partial charge >= 0.3 is 0 Å². The first-order chi connectivity index (χ1) is 20.7. The topological polar surface area (TPSA) is 123 Å². The number of benzene rings is 3.